The minimum Gasteiger partial charge on any atom is -0.335 e. The number of rotatable bonds is 8. The molecule has 0 radical (unpaired) electrons. The Labute approximate surface area is 209 Å². The van der Waals surface area contributed by atoms with E-state index < -0.39 is 5.25 Å². The monoisotopic (exact) mass is 492 g/mol. The summed E-state index contributed by atoms with van der Waals surface area (Å²) >= 11 is 1.29. The van der Waals surface area contributed by atoms with E-state index in [0.29, 0.717) is 16.1 Å². The van der Waals surface area contributed by atoms with Crippen molar-refractivity contribution in [2.75, 3.05) is 18.9 Å². The van der Waals surface area contributed by atoms with Gasteiger partial charge in [0.1, 0.15) is 0 Å². The lowest BCUT2D eigenvalue weighted by atomic mass is 10.1. The number of aromatic nitrogens is 2. The Morgan fingerprint density at radius 2 is 1.83 bits per heavy atom. The standard InChI is InChI=1S/C27H32N4O3S/c1-4-19-11-5-9-15-22(19)28-24(32)17-30(3)25(33)18(2)35-27-29-23-16-10-8-14-21(23)26(34)31(27)20-12-6-7-13-20/h5,8-11,14-16,18,20H,4,6-7,12-13,17H2,1-3H3,(H,28,32). The summed E-state index contributed by atoms with van der Waals surface area (Å²) < 4.78 is 1.79. The van der Waals surface area contributed by atoms with Crippen molar-refractivity contribution in [3.8, 4) is 0 Å². The van der Waals surface area contributed by atoms with Gasteiger partial charge in [-0.3, -0.25) is 19.0 Å². The number of nitrogens with zero attached hydrogens (tertiary/aromatic N) is 3. The van der Waals surface area contributed by atoms with Crippen molar-refractivity contribution in [3.63, 3.8) is 0 Å². The minimum absolute atomic E-state index is 0.0491. The Morgan fingerprint density at radius 1 is 1.14 bits per heavy atom. The molecule has 1 aliphatic carbocycles. The summed E-state index contributed by atoms with van der Waals surface area (Å²) in [5, 5.41) is 3.58. The van der Waals surface area contributed by atoms with Crippen LogP contribution in [0.15, 0.2) is 58.5 Å². The maximum absolute atomic E-state index is 13.4. The smallest absolute Gasteiger partial charge is 0.262 e. The number of carbonyl (C=O) groups excluding carboxylic acids is 2. The largest absolute Gasteiger partial charge is 0.335 e. The minimum atomic E-state index is -0.503. The zero-order chi connectivity index (χ0) is 24.9. The number of benzene rings is 2. The van der Waals surface area contributed by atoms with Gasteiger partial charge in [-0.25, -0.2) is 4.98 Å². The summed E-state index contributed by atoms with van der Waals surface area (Å²) in [5.41, 5.74) is 2.40. The number of fused-ring (bicyclic) bond motifs is 1. The van der Waals surface area contributed by atoms with E-state index in [4.69, 9.17) is 4.98 Å². The van der Waals surface area contributed by atoms with Crippen LogP contribution in [0.5, 0.6) is 0 Å². The van der Waals surface area contributed by atoms with E-state index in [9.17, 15) is 14.4 Å². The summed E-state index contributed by atoms with van der Waals surface area (Å²) in [5.74, 6) is -0.431. The molecule has 1 atom stereocenters. The van der Waals surface area contributed by atoms with Gasteiger partial charge in [-0.1, -0.05) is 61.9 Å². The molecule has 4 rings (SSSR count). The van der Waals surface area contributed by atoms with Gasteiger partial charge in [-0.2, -0.15) is 0 Å². The van der Waals surface area contributed by atoms with E-state index in [1.807, 2.05) is 55.5 Å². The molecule has 1 saturated carbocycles. The first kappa shape index (κ1) is 25.0. The highest BCUT2D eigenvalue weighted by molar-refractivity contribution is 8.00. The zero-order valence-electron chi connectivity index (χ0n) is 20.5. The second kappa shape index (κ2) is 11.1. The molecule has 1 N–H and O–H groups in total. The molecular formula is C27H32N4O3S. The SMILES string of the molecule is CCc1ccccc1NC(=O)CN(C)C(=O)C(C)Sc1nc2ccccc2c(=O)n1C1CCCC1. The highest BCUT2D eigenvalue weighted by Gasteiger charge is 2.27. The van der Waals surface area contributed by atoms with Gasteiger partial charge >= 0.3 is 0 Å². The molecule has 1 unspecified atom stereocenters. The van der Waals surface area contributed by atoms with Gasteiger partial charge in [0, 0.05) is 18.8 Å². The number of hydrogen-bond donors (Lipinski definition) is 1. The van der Waals surface area contributed by atoms with Gasteiger partial charge in [-0.05, 0) is 49.9 Å². The summed E-state index contributed by atoms with van der Waals surface area (Å²) in [6, 6.07) is 15.1. The van der Waals surface area contributed by atoms with Gasteiger partial charge in [0.05, 0.1) is 22.7 Å². The average Bonchev–Trinajstić information content (AvgIpc) is 3.38. The molecule has 2 amide bonds. The summed E-state index contributed by atoms with van der Waals surface area (Å²) in [6.07, 6.45) is 4.85. The van der Waals surface area contributed by atoms with Crippen LogP contribution < -0.4 is 10.9 Å². The molecule has 0 spiro atoms. The number of likely N-dealkylation sites (N-methyl/N-ethyl adjacent to an activating group) is 1. The van der Waals surface area contributed by atoms with E-state index in [-0.39, 0.29) is 30.0 Å². The predicted octanol–water partition coefficient (Wildman–Crippen LogP) is 4.65. The molecule has 8 heteroatoms. The summed E-state index contributed by atoms with van der Waals surface area (Å²) in [7, 11) is 1.63. The van der Waals surface area contributed by atoms with Gasteiger partial charge in [0.25, 0.3) is 5.56 Å². The van der Waals surface area contributed by atoms with Crippen LogP contribution in [0.25, 0.3) is 10.9 Å². The fraction of sp³-hybridized carbons (Fsp3) is 0.407. The van der Waals surface area contributed by atoms with Crippen molar-refractivity contribution in [3.05, 3.63) is 64.4 Å². The lowest BCUT2D eigenvalue weighted by molar-refractivity contribution is -0.132. The summed E-state index contributed by atoms with van der Waals surface area (Å²) in [4.78, 5) is 45.3. The van der Waals surface area contributed by atoms with Crippen molar-refractivity contribution in [2.45, 2.75) is 62.4 Å². The Hall–Kier alpha value is -3.13. The molecule has 0 aliphatic heterocycles. The van der Waals surface area contributed by atoms with Crippen LogP contribution in [0.2, 0.25) is 0 Å². The molecule has 1 aliphatic rings. The Kier molecular flexibility index (Phi) is 7.90. The molecule has 1 fully saturated rings. The topological polar surface area (TPSA) is 84.3 Å². The van der Waals surface area contributed by atoms with Crippen molar-refractivity contribution < 1.29 is 9.59 Å². The summed E-state index contributed by atoms with van der Waals surface area (Å²) in [6.45, 7) is 3.78. The Bertz CT molecular complexity index is 1280. The second-order valence-corrected chi connectivity index (χ2v) is 10.3. The van der Waals surface area contributed by atoms with E-state index in [1.54, 1.807) is 18.5 Å². The lowest BCUT2D eigenvalue weighted by Gasteiger charge is -2.23. The first-order chi connectivity index (χ1) is 16.9. The molecule has 1 aromatic heterocycles. The van der Waals surface area contributed by atoms with Gasteiger partial charge in [0.2, 0.25) is 11.8 Å². The fourth-order valence-corrected chi connectivity index (χ4v) is 5.74. The molecule has 184 valence electrons. The molecule has 2 aromatic carbocycles. The van der Waals surface area contributed by atoms with E-state index in [1.165, 1.54) is 16.7 Å². The van der Waals surface area contributed by atoms with Crippen molar-refractivity contribution in [1.82, 2.24) is 14.5 Å². The van der Waals surface area contributed by atoms with Crippen LogP contribution in [0.4, 0.5) is 5.69 Å². The van der Waals surface area contributed by atoms with Crippen molar-refractivity contribution in [2.24, 2.45) is 0 Å². The number of aryl methyl sites for hydroxylation is 1. The fourth-order valence-electron chi connectivity index (χ4n) is 4.65. The maximum Gasteiger partial charge on any atom is 0.262 e. The van der Waals surface area contributed by atoms with Crippen LogP contribution in [-0.4, -0.2) is 45.1 Å². The molecular weight excluding hydrogens is 460 g/mol. The lowest BCUT2D eigenvalue weighted by Crippen LogP contribution is -2.39. The molecule has 0 saturated heterocycles. The first-order valence-electron chi connectivity index (χ1n) is 12.2. The van der Waals surface area contributed by atoms with E-state index in [0.717, 1.165) is 43.4 Å². The molecule has 1 heterocycles. The van der Waals surface area contributed by atoms with Crippen LogP contribution in [0.3, 0.4) is 0 Å². The van der Waals surface area contributed by atoms with Crippen molar-refractivity contribution in [1.29, 1.82) is 0 Å². The third-order valence-corrected chi connectivity index (χ3v) is 7.58. The predicted molar refractivity (Wildman–Crippen MR) is 141 cm³/mol. The van der Waals surface area contributed by atoms with Gasteiger partial charge < -0.3 is 10.2 Å². The van der Waals surface area contributed by atoms with Crippen molar-refractivity contribution >= 4 is 40.2 Å². The first-order valence-corrected chi connectivity index (χ1v) is 13.1. The highest BCUT2D eigenvalue weighted by atomic mass is 32.2. The third kappa shape index (κ3) is 5.59. The average molecular weight is 493 g/mol. The number of amides is 2. The highest BCUT2D eigenvalue weighted by Crippen LogP contribution is 2.33. The van der Waals surface area contributed by atoms with E-state index >= 15 is 0 Å². The Morgan fingerprint density at radius 3 is 2.57 bits per heavy atom. The van der Waals surface area contributed by atoms with Crippen LogP contribution in [0.1, 0.15) is 51.1 Å². The second-order valence-electron chi connectivity index (χ2n) is 9.04. The number of carbonyl (C=O) groups is 2. The van der Waals surface area contributed by atoms with Crippen LogP contribution in [0, 0.1) is 0 Å². The van der Waals surface area contributed by atoms with Crippen LogP contribution >= 0.6 is 11.8 Å². The van der Waals surface area contributed by atoms with Gasteiger partial charge in [-0.15, -0.1) is 0 Å². The number of hydrogen-bond acceptors (Lipinski definition) is 5. The molecule has 3 aromatic rings. The van der Waals surface area contributed by atoms with E-state index in [2.05, 4.69) is 5.32 Å². The molecule has 0 bridgehead atoms. The number of nitrogens with one attached hydrogen (secondary N) is 1. The van der Waals surface area contributed by atoms with Gasteiger partial charge in [0.15, 0.2) is 5.16 Å². The molecule has 7 nitrogen and oxygen atoms in total. The maximum atomic E-state index is 13.4. The number of para-hydroxylation sites is 2. The molecule has 35 heavy (non-hydrogen) atoms. The zero-order valence-corrected chi connectivity index (χ0v) is 21.3. The van der Waals surface area contributed by atoms with Crippen LogP contribution in [-0.2, 0) is 16.0 Å². The number of anilines is 1. The Balaban J connectivity index is 1.49. The third-order valence-electron chi connectivity index (χ3n) is 6.52. The normalized spacial score (nSPS) is 14.7. The number of thioether (sulfide) groups is 1. The quantitative estimate of drug-likeness (QED) is 0.365.